The molecule has 1 aromatic carbocycles. The van der Waals surface area contributed by atoms with Crippen molar-refractivity contribution in [3.63, 3.8) is 0 Å². The molecule has 3 nitrogen and oxygen atoms in total. The Bertz CT molecular complexity index is 448. The SMILES string of the molecule is Cc1cccc(C(=O)OC2CCCN(C)C2)c1C.[Cl-]. The van der Waals surface area contributed by atoms with Gasteiger partial charge in [-0.1, -0.05) is 12.1 Å². The highest BCUT2D eigenvalue weighted by molar-refractivity contribution is 5.91. The van der Waals surface area contributed by atoms with Crippen LogP contribution in [0.15, 0.2) is 18.2 Å². The number of esters is 1. The summed E-state index contributed by atoms with van der Waals surface area (Å²) < 4.78 is 5.60. The lowest BCUT2D eigenvalue weighted by Crippen LogP contribution is -3.00. The fourth-order valence-electron chi connectivity index (χ4n) is 2.40. The molecule has 0 amide bonds. The van der Waals surface area contributed by atoms with Crippen LogP contribution in [-0.4, -0.2) is 37.1 Å². The second kappa shape index (κ2) is 6.92. The maximum atomic E-state index is 12.2. The lowest BCUT2D eigenvalue weighted by atomic mass is 10.0. The summed E-state index contributed by atoms with van der Waals surface area (Å²) in [5.74, 6) is -0.184. The monoisotopic (exact) mass is 282 g/mol. The minimum atomic E-state index is -0.184. The fraction of sp³-hybridized carbons (Fsp3) is 0.533. The Hall–Kier alpha value is -1.06. The van der Waals surface area contributed by atoms with E-state index in [1.54, 1.807) is 0 Å². The molecule has 1 atom stereocenters. The van der Waals surface area contributed by atoms with Crippen molar-refractivity contribution in [1.82, 2.24) is 4.90 Å². The van der Waals surface area contributed by atoms with E-state index in [1.165, 1.54) is 0 Å². The number of hydrogen-bond acceptors (Lipinski definition) is 3. The average Bonchev–Trinajstić information content (AvgIpc) is 2.32. The molecule has 0 aliphatic carbocycles. The molecule has 106 valence electrons. The first-order valence-electron chi connectivity index (χ1n) is 6.53. The molecule has 19 heavy (non-hydrogen) atoms. The third-order valence-electron chi connectivity index (χ3n) is 3.68. The summed E-state index contributed by atoms with van der Waals surface area (Å²) in [5.41, 5.74) is 2.85. The van der Waals surface area contributed by atoms with E-state index >= 15 is 0 Å². The van der Waals surface area contributed by atoms with Crippen LogP contribution >= 0.6 is 0 Å². The molecule has 1 unspecified atom stereocenters. The molecule has 0 N–H and O–H groups in total. The number of aryl methyl sites for hydroxylation is 1. The van der Waals surface area contributed by atoms with Gasteiger partial charge in [0.05, 0.1) is 5.56 Å². The van der Waals surface area contributed by atoms with Gasteiger partial charge in [0.1, 0.15) is 6.10 Å². The number of benzene rings is 1. The first-order chi connectivity index (χ1) is 8.58. The molecule has 4 heteroatoms. The van der Waals surface area contributed by atoms with Crippen LogP contribution < -0.4 is 12.4 Å². The summed E-state index contributed by atoms with van der Waals surface area (Å²) in [7, 11) is 2.07. The number of carbonyl (C=O) groups excluding carboxylic acids is 1. The maximum Gasteiger partial charge on any atom is 0.338 e. The van der Waals surface area contributed by atoms with Gasteiger partial charge < -0.3 is 22.0 Å². The second-order valence-electron chi connectivity index (χ2n) is 5.18. The topological polar surface area (TPSA) is 29.5 Å². The molecule has 0 radical (unpaired) electrons. The normalized spacial score (nSPS) is 19.6. The van der Waals surface area contributed by atoms with Crippen molar-refractivity contribution in [2.24, 2.45) is 0 Å². The molecular weight excluding hydrogens is 262 g/mol. The number of hydrogen-bond donors (Lipinski definition) is 0. The first kappa shape index (κ1) is 16.0. The molecule has 0 saturated carbocycles. The van der Waals surface area contributed by atoms with Gasteiger partial charge in [-0.05, 0) is 57.5 Å². The van der Waals surface area contributed by atoms with Gasteiger partial charge in [-0.3, -0.25) is 0 Å². The fourth-order valence-corrected chi connectivity index (χ4v) is 2.40. The molecule has 1 aliphatic heterocycles. The smallest absolute Gasteiger partial charge is 0.338 e. The van der Waals surface area contributed by atoms with Crippen molar-refractivity contribution in [1.29, 1.82) is 0 Å². The Morgan fingerprint density at radius 1 is 1.37 bits per heavy atom. The highest BCUT2D eigenvalue weighted by Crippen LogP contribution is 2.17. The Balaban J connectivity index is 0.00000180. The zero-order valence-corrected chi connectivity index (χ0v) is 12.5. The Morgan fingerprint density at radius 2 is 2.11 bits per heavy atom. The lowest BCUT2D eigenvalue weighted by Gasteiger charge is -2.29. The van der Waals surface area contributed by atoms with E-state index in [9.17, 15) is 4.79 Å². The standard InChI is InChI=1S/C15H21NO2.ClH/c1-11-6-4-8-14(12(11)2)15(17)18-13-7-5-9-16(3)10-13;/h4,6,8,13H,5,7,9-10H2,1-3H3;1H/p-1. The quantitative estimate of drug-likeness (QED) is 0.689. The number of halogens is 1. The number of likely N-dealkylation sites (tertiary alicyclic amines) is 1. The van der Waals surface area contributed by atoms with Crippen LogP contribution in [0.1, 0.15) is 34.3 Å². The van der Waals surface area contributed by atoms with Gasteiger partial charge in [0.2, 0.25) is 0 Å². The highest BCUT2D eigenvalue weighted by Gasteiger charge is 2.22. The molecule has 1 aromatic rings. The van der Waals surface area contributed by atoms with Gasteiger partial charge in [-0.15, -0.1) is 0 Å². The molecule has 1 saturated heterocycles. The summed E-state index contributed by atoms with van der Waals surface area (Å²) >= 11 is 0. The summed E-state index contributed by atoms with van der Waals surface area (Å²) in [6.07, 6.45) is 2.11. The Kier molecular flexibility index (Phi) is 5.83. The van der Waals surface area contributed by atoms with E-state index in [0.29, 0.717) is 5.56 Å². The Morgan fingerprint density at radius 3 is 2.79 bits per heavy atom. The van der Waals surface area contributed by atoms with E-state index < -0.39 is 0 Å². The van der Waals surface area contributed by atoms with Crippen molar-refractivity contribution in [2.75, 3.05) is 20.1 Å². The van der Waals surface area contributed by atoms with E-state index in [-0.39, 0.29) is 24.5 Å². The zero-order chi connectivity index (χ0) is 13.1. The van der Waals surface area contributed by atoms with Crippen LogP contribution in [0.4, 0.5) is 0 Å². The van der Waals surface area contributed by atoms with Crippen LogP contribution in [0.25, 0.3) is 0 Å². The van der Waals surface area contributed by atoms with Crippen LogP contribution in [0.3, 0.4) is 0 Å². The molecule has 0 bridgehead atoms. The Labute approximate surface area is 121 Å². The van der Waals surface area contributed by atoms with Crippen molar-refractivity contribution < 1.29 is 21.9 Å². The number of likely N-dealkylation sites (N-methyl/N-ethyl adjacent to an activating group) is 1. The highest BCUT2D eigenvalue weighted by atomic mass is 35.5. The number of piperidine rings is 1. The van der Waals surface area contributed by atoms with E-state index in [2.05, 4.69) is 11.9 Å². The van der Waals surface area contributed by atoms with Crippen molar-refractivity contribution in [3.8, 4) is 0 Å². The minimum absolute atomic E-state index is 0. The predicted octanol–water partition coefficient (Wildman–Crippen LogP) is -0.442. The largest absolute Gasteiger partial charge is 1.00 e. The maximum absolute atomic E-state index is 12.2. The minimum Gasteiger partial charge on any atom is -1.00 e. The first-order valence-corrected chi connectivity index (χ1v) is 6.53. The van der Waals surface area contributed by atoms with Gasteiger partial charge >= 0.3 is 5.97 Å². The number of rotatable bonds is 2. The third-order valence-corrected chi connectivity index (χ3v) is 3.68. The van der Waals surface area contributed by atoms with Gasteiger partial charge in [0.25, 0.3) is 0 Å². The van der Waals surface area contributed by atoms with Crippen LogP contribution in [-0.2, 0) is 4.74 Å². The van der Waals surface area contributed by atoms with Crippen molar-refractivity contribution >= 4 is 5.97 Å². The summed E-state index contributed by atoms with van der Waals surface area (Å²) in [6.45, 7) is 5.92. The molecule has 2 rings (SSSR count). The van der Waals surface area contributed by atoms with Gasteiger partial charge in [-0.2, -0.15) is 0 Å². The molecule has 1 aliphatic rings. The number of carbonyl (C=O) groups is 1. The summed E-state index contributed by atoms with van der Waals surface area (Å²) in [6, 6.07) is 5.77. The predicted molar refractivity (Wildman–Crippen MR) is 71.9 cm³/mol. The van der Waals surface area contributed by atoms with Crippen LogP contribution in [0.5, 0.6) is 0 Å². The third kappa shape index (κ3) is 3.95. The van der Waals surface area contributed by atoms with E-state index in [0.717, 1.165) is 37.1 Å². The van der Waals surface area contributed by atoms with E-state index in [4.69, 9.17) is 4.74 Å². The summed E-state index contributed by atoms with van der Waals surface area (Å²) in [4.78, 5) is 14.4. The molecular formula is C15H21ClNO2-. The van der Waals surface area contributed by atoms with Gasteiger partial charge in [0.15, 0.2) is 0 Å². The molecule has 1 fully saturated rings. The van der Waals surface area contributed by atoms with Gasteiger partial charge in [0, 0.05) is 6.54 Å². The average molecular weight is 283 g/mol. The molecule has 1 heterocycles. The van der Waals surface area contributed by atoms with Crippen molar-refractivity contribution in [3.05, 3.63) is 34.9 Å². The molecule has 0 spiro atoms. The van der Waals surface area contributed by atoms with E-state index in [1.807, 2.05) is 32.0 Å². The second-order valence-corrected chi connectivity index (χ2v) is 5.18. The lowest BCUT2D eigenvalue weighted by molar-refractivity contribution is -0.0000840. The number of ether oxygens (including phenoxy) is 1. The number of nitrogens with zero attached hydrogens (tertiary/aromatic N) is 1. The zero-order valence-electron chi connectivity index (χ0n) is 11.8. The molecule has 0 aromatic heterocycles. The van der Waals surface area contributed by atoms with Crippen molar-refractivity contribution in [2.45, 2.75) is 32.8 Å². The van der Waals surface area contributed by atoms with Gasteiger partial charge in [-0.25, -0.2) is 4.79 Å². The summed E-state index contributed by atoms with van der Waals surface area (Å²) in [5, 5.41) is 0. The van der Waals surface area contributed by atoms with Crippen LogP contribution in [0.2, 0.25) is 0 Å². The van der Waals surface area contributed by atoms with Crippen LogP contribution in [0, 0.1) is 13.8 Å².